The Bertz CT molecular complexity index is 895. The first-order valence-electron chi connectivity index (χ1n) is 7.82. The van der Waals surface area contributed by atoms with E-state index in [-0.39, 0.29) is 17.7 Å². The van der Waals surface area contributed by atoms with Gasteiger partial charge in [0.1, 0.15) is 0 Å². The summed E-state index contributed by atoms with van der Waals surface area (Å²) in [6.07, 6.45) is 1.73. The molecule has 1 aliphatic heterocycles. The van der Waals surface area contributed by atoms with Crippen molar-refractivity contribution in [1.29, 1.82) is 0 Å². The topological polar surface area (TPSA) is 40.6 Å². The van der Waals surface area contributed by atoms with E-state index in [0.717, 1.165) is 23.0 Å². The van der Waals surface area contributed by atoms with E-state index in [1.807, 2.05) is 43.3 Å². The summed E-state index contributed by atoms with van der Waals surface area (Å²) in [5, 5.41) is 0.630. The minimum absolute atomic E-state index is 0.123. The molecule has 7 heteroatoms. The van der Waals surface area contributed by atoms with Gasteiger partial charge in [0, 0.05) is 29.8 Å². The molecule has 0 N–H and O–H groups in total. The van der Waals surface area contributed by atoms with E-state index >= 15 is 0 Å². The van der Waals surface area contributed by atoms with E-state index in [2.05, 4.69) is 0 Å². The van der Waals surface area contributed by atoms with Crippen molar-refractivity contribution in [3.63, 3.8) is 0 Å². The van der Waals surface area contributed by atoms with Crippen LogP contribution in [0.2, 0.25) is 10.0 Å². The van der Waals surface area contributed by atoms with Crippen LogP contribution in [0, 0.1) is 0 Å². The van der Waals surface area contributed by atoms with Crippen molar-refractivity contribution >= 4 is 57.9 Å². The molecule has 26 heavy (non-hydrogen) atoms. The number of thioether (sulfide) groups is 1. The zero-order chi connectivity index (χ0) is 18.8. The minimum Gasteiger partial charge on any atom is -0.378 e. The number of rotatable bonds is 4. The molecular formula is C19H16Cl2N2O2S. The number of nitrogens with zero attached hydrogens (tertiary/aromatic N) is 2. The van der Waals surface area contributed by atoms with Gasteiger partial charge < -0.3 is 4.90 Å². The number of hydrogen-bond acceptors (Lipinski definition) is 4. The Hall–Kier alpha value is -1.95. The molecule has 3 rings (SSSR count). The first kappa shape index (κ1) is 18.8. The number of halogens is 2. The molecule has 0 atom stereocenters. The number of carbonyl (C=O) groups excluding carboxylic acids is 2. The van der Waals surface area contributed by atoms with E-state index in [0.29, 0.717) is 20.5 Å². The van der Waals surface area contributed by atoms with Crippen molar-refractivity contribution in [1.82, 2.24) is 4.90 Å². The maximum absolute atomic E-state index is 12.6. The van der Waals surface area contributed by atoms with Gasteiger partial charge in [0.25, 0.3) is 11.1 Å². The zero-order valence-corrected chi connectivity index (χ0v) is 16.5. The van der Waals surface area contributed by atoms with Gasteiger partial charge in [-0.05, 0) is 53.2 Å². The molecule has 1 saturated heterocycles. The third-order valence-corrected chi connectivity index (χ3v) is 5.42. The van der Waals surface area contributed by atoms with Crippen LogP contribution >= 0.6 is 35.0 Å². The fourth-order valence-corrected chi connectivity index (χ4v) is 3.78. The van der Waals surface area contributed by atoms with Gasteiger partial charge in [0.15, 0.2) is 0 Å². The number of carbonyl (C=O) groups is 2. The van der Waals surface area contributed by atoms with Crippen molar-refractivity contribution in [3.05, 3.63) is 68.5 Å². The van der Waals surface area contributed by atoms with Gasteiger partial charge >= 0.3 is 0 Å². The van der Waals surface area contributed by atoms with E-state index < -0.39 is 0 Å². The van der Waals surface area contributed by atoms with E-state index in [9.17, 15) is 9.59 Å². The van der Waals surface area contributed by atoms with Crippen LogP contribution in [0.3, 0.4) is 0 Å². The molecule has 0 spiro atoms. The molecule has 1 aliphatic rings. The van der Waals surface area contributed by atoms with Gasteiger partial charge in [-0.1, -0.05) is 41.4 Å². The Balaban J connectivity index is 1.79. The number of imide groups is 1. The van der Waals surface area contributed by atoms with Gasteiger partial charge in [-0.15, -0.1) is 0 Å². The molecule has 0 aliphatic carbocycles. The van der Waals surface area contributed by atoms with Crippen LogP contribution in [0.1, 0.15) is 11.1 Å². The molecule has 0 aromatic heterocycles. The van der Waals surface area contributed by atoms with Crippen LogP contribution in [-0.4, -0.2) is 30.1 Å². The summed E-state index contributed by atoms with van der Waals surface area (Å²) in [4.78, 5) is 28.5. The number of amides is 2. The molecular weight excluding hydrogens is 391 g/mol. The summed E-state index contributed by atoms with van der Waals surface area (Å²) < 4.78 is 0. The Morgan fingerprint density at radius 1 is 1.08 bits per heavy atom. The molecule has 2 amide bonds. The lowest BCUT2D eigenvalue weighted by Gasteiger charge is -2.13. The Morgan fingerprint density at radius 3 is 2.38 bits per heavy atom. The normalized spacial score (nSPS) is 15.8. The van der Waals surface area contributed by atoms with E-state index in [1.54, 1.807) is 24.3 Å². The highest BCUT2D eigenvalue weighted by molar-refractivity contribution is 8.18. The minimum atomic E-state index is -0.317. The van der Waals surface area contributed by atoms with Crippen molar-refractivity contribution in [2.75, 3.05) is 19.0 Å². The van der Waals surface area contributed by atoms with E-state index in [1.165, 1.54) is 4.90 Å². The Kier molecular flexibility index (Phi) is 5.61. The highest BCUT2D eigenvalue weighted by Crippen LogP contribution is 2.34. The smallest absolute Gasteiger partial charge is 0.293 e. The predicted octanol–water partition coefficient (Wildman–Crippen LogP) is 5.30. The number of anilines is 1. The summed E-state index contributed by atoms with van der Waals surface area (Å²) >= 11 is 13.0. The molecule has 0 radical (unpaired) electrons. The fourth-order valence-electron chi connectivity index (χ4n) is 2.48. The second-order valence-electron chi connectivity index (χ2n) is 5.99. The SMILES string of the molecule is CN(C)c1ccc(/C=C2/SC(=O)N(Cc3ccc(Cl)cc3Cl)C2=O)cc1. The standard InChI is InChI=1S/C19H16Cl2N2O2S/c1-22(2)15-7-3-12(4-8-15)9-17-18(24)23(19(25)26-17)11-13-5-6-14(20)10-16(13)21/h3-10H,11H2,1-2H3/b17-9+. The maximum Gasteiger partial charge on any atom is 0.293 e. The second-order valence-corrected chi connectivity index (χ2v) is 7.83. The van der Waals surface area contributed by atoms with Gasteiger partial charge in [0.05, 0.1) is 11.4 Å². The Labute approximate surface area is 166 Å². The molecule has 134 valence electrons. The summed E-state index contributed by atoms with van der Waals surface area (Å²) in [6.45, 7) is 0.123. The quantitative estimate of drug-likeness (QED) is 0.646. The maximum atomic E-state index is 12.6. The van der Waals surface area contributed by atoms with Crippen molar-refractivity contribution in [2.24, 2.45) is 0 Å². The highest BCUT2D eigenvalue weighted by Gasteiger charge is 2.35. The highest BCUT2D eigenvalue weighted by atomic mass is 35.5. The summed E-state index contributed by atoms with van der Waals surface area (Å²) in [7, 11) is 3.92. The van der Waals surface area contributed by atoms with E-state index in [4.69, 9.17) is 23.2 Å². The molecule has 0 saturated carbocycles. The molecule has 4 nitrogen and oxygen atoms in total. The molecule has 0 bridgehead atoms. The third-order valence-electron chi connectivity index (χ3n) is 3.92. The lowest BCUT2D eigenvalue weighted by atomic mass is 10.1. The molecule has 0 unspecified atom stereocenters. The van der Waals surface area contributed by atoms with Crippen LogP contribution in [0.15, 0.2) is 47.4 Å². The average molecular weight is 407 g/mol. The van der Waals surface area contributed by atoms with Crippen molar-refractivity contribution < 1.29 is 9.59 Å². The summed E-state index contributed by atoms with van der Waals surface area (Å²) in [5.74, 6) is -0.317. The third kappa shape index (κ3) is 4.06. The first-order valence-corrected chi connectivity index (χ1v) is 9.39. The Morgan fingerprint density at radius 2 is 1.77 bits per heavy atom. The fraction of sp³-hybridized carbons (Fsp3) is 0.158. The second kappa shape index (κ2) is 7.74. The van der Waals surface area contributed by atoms with Gasteiger partial charge in [0.2, 0.25) is 0 Å². The average Bonchev–Trinajstić information content (AvgIpc) is 2.85. The predicted molar refractivity (Wildman–Crippen MR) is 109 cm³/mol. The number of hydrogen-bond donors (Lipinski definition) is 0. The lowest BCUT2D eigenvalue weighted by molar-refractivity contribution is -0.123. The summed E-state index contributed by atoms with van der Waals surface area (Å²) in [6, 6.07) is 12.8. The van der Waals surface area contributed by atoms with Crippen LogP contribution in [0.5, 0.6) is 0 Å². The first-order chi connectivity index (χ1) is 12.3. The van der Waals surface area contributed by atoms with Crippen LogP contribution in [0.4, 0.5) is 10.5 Å². The largest absolute Gasteiger partial charge is 0.378 e. The molecule has 1 fully saturated rings. The van der Waals surface area contributed by atoms with Crippen molar-refractivity contribution in [2.45, 2.75) is 6.54 Å². The summed E-state index contributed by atoms with van der Waals surface area (Å²) in [5.41, 5.74) is 2.60. The number of benzene rings is 2. The van der Waals surface area contributed by atoms with Crippen molar-refractivity contribution in [3.8, 4) is 0 Å². The van der Waals surface area contributed by atoms with Crippen LogP contribution < -0.4 is 4.90 Å². The van der Waals surface area contributed by atoms with Crippen LogP contribution in [-0.2, 0) is 11.3 Å². The zero-order valence-electron chi connectivity index (χ0n) is 14.2. The van der Waals surface area contributed by atoms with Gasteiger partial charge in [-0.25, -0.2) is 0 Å². The lowest BCUT2D eigenvalue weighted by Crippen LogP contribution is -2.27. The van der Waals surface area contributed by atoms with Gasteiger partial charge in [-0.2, -0.15) is 0 Å². The molecule has 1 heterocycles. The molecule has 2 aromatic carbocycles. The van der Waals surface area contributed by atoms with Crippen LogP contribution in [0.25, 0.3) is 6.08 Å². The molecule has 2 aromatic rings. The van der Waals surface area contributed by atoms with Gasteiger partial charge in [-0.3, -0.25) is 14.5 Å². The monoisotopic (exact) mass is 406 g/mol.